The second-order valence-electron chi connectivity index (χ2n) is 5.09. The summed E-state index contributed by atoms with van der Waals surface area (Å²) < 4.78 is 4.91. The summed E-state index contributed by atoms with van der Waals surface area (Å²) >= 11 is 0. The third kappa shape index (κ3) is 6.31. The maximum Gasteiger partial charge on any atom is 0.321 e. The van der Waals surface area contributed by atoms with Crippen molar-refractivity contribution < 1.29 is 14.3 Å². The normalized spacial score (nSPS) is 18.6. The van der Waals surface area contributed by atoms with Gasteiger partial charge in [0.2, 0.25) is 5.91 Å². The third-order valence-corrected chi connectivity index (χ3v) is 3.33. The average Bonchev–Trinajstić information content (AvgIpc) is 2.39. The molecule has 0 aromatic carbocycles. The molecule has 1 aliphatic rings. The van der Waals surface area contributed by atoms with E-state index in [0.29, 0.717) is 6.61 Å². The highest BCUT2D eigenvalue weighted by atomic mass is 16.5. The van der Waals surface area contributed by atoms with Gasteiger partial charge in [-0.2, -0.15) is 0 Å². The number of urea groups is 1. The Morgan fingerprint density at radius 2 is 1.80 bits per heavy atom. The van der Waals surface area contributed by atoms with Crippen molar-refractivity contribution in [3.05, 3.63) is 0 Å². The van der Waals surface area contributed by atoms with Crippen LogP contribution in [0.2, 0.25) is 0 Å². The van der Waals surface area contributed by atoms with Crippen LogP contribution in [-0.4, -0.2) is 80.8 Å². The molecule has 1 unspecified atom stereocenters. The lowest BCUT2D eigenvalue weighted by atomic mass is 10.3. The summed E-state index contributed by atoms with van der Waals surface area (Å²) in [6, 6.07) is -0.590. The molecular weight excluding hydrogens is 260 g/mol. The number of hydrogen-bond donors (Lipinski definition) is 2. The lowest BCUT2D eigenvalue weighted by molar-refractivity contribution is -0.121. The molecule has 1 heterocycles. The smallest absolute Gasteiger partial charge is 0.321 e. The lowest BCUT2D eigenvalue weighted by Gasteiger charge is -2.33. The number of rotatable bonds is 6. The number of carbonyl (C=O) groups is 2. The molecule has 7 nitrogen and oxygen atoms in total. The Kier molecular flexibility index (Phi) is 7.50. The predicted octanol–water partition coefficient (Wildman–Crippen LogP) is -0.515. The Hall–Kier alpha value is -1.18. The Labute approximate surface area is 120 Å². The number of methoxy groups -OCH3 is 1. The molecule has 0 saturated carbocycles. The SMILES string of the molecule is CCN1CCN(CC(=O)NC(=O)NC(C)COC)CC1. The molecule has 0 aromatic heterocycles. The van der Waals surface area contributed by atoms with Crippen LogP contribution in [0.4, 0.5) is 4.79 Å². The Balaban J connectivity index is 2.21. The first-order chi connectivity index (χ1) is 9.55. The molecule has 20 heavy (non-hydrogen) atoms. The molecule has 1 aliphatic heterocycles. The van der Waals surface area contributed by atoms with Crippen molar-refractivity contribution >= 4 is 11.9 Å². The number of amides is 3. The number of nitrogens with zero attached hydrogens (tertiary/aromatic N) is 2. The van der Waals surface area contributed by atoms with Gasteiger partial charge in [-0.25, -0.2) is 4.79 Å². The van der Waals surface area contributed by atoms with Gasteiger partial charge in [0.1, 0.15) is 0 Å². The fraction of sp³-hybridized carbons (Fsp3) is 0.846. The monoisotopic (exact) mass is 286 g/mol. The predicted molar refractivity (Wildman–Crippen MR) is 76.6 cm³/mol. The van der Waals surface area contributed by atoms with Gasteiger partial charge in [-0.1, -0.05) is 6.92 Å². The molecule has 7 heteroatoms. The number of piperazine rings is 1. The van der Waals surface area contributed by atoms with E-state index in [1.807, 2.05) is 6.92 Å². The molecule has 1 atom stereocenters. The highest BCUT2D eigenvalue weighted by molar-refractivity contribution is 5.95. The van der Waals surface area contributed by atoms with Crippen LogP contribution in [0.25, 0.3) is 0 Å². The largest absolute Gasteiger partial charge is 0.383 e. The summed E-state index contributed by atoms with van der Waals surface area (Å²) in [5.41, 5.74) is 0. The zero-order valence-electron chi connectivity index (χ0n) is 12.6. The quantitative estimate of drug-likeness (QED) is 0.687. The fourth-order valence-electron chi connectivity index (χ4n) is 2.18. The Bertz CT molecular complexity index is 317. The summed E-state index contributed by atoms with van der Waals surface area (Å²) in [5, 5.41) is 4.98. The van der Waals surface area contributed by atoms with Crippen molar-refractivity contribution in [1.29, 1.82) is 0 Å². The summed E-state index contributed by atoms with van der Waals surface area (Å²) in [7, 11) is 1.57. The van der Waals surface area contributed by atoms with Gasteiger partial charge in [0, 0.05) is 33.3 Å². The maximum atomic E-state index is 11.8. The van der Waals surface area contributed by atoms with Crippen LogP contribution in [0.3, 0.4) is 0 Å². The number of carbonyl (C=O) groups excluding carboxylic acids is 2. The first-order valence-corrected chi connectivity index (χ1v) is 7.09. The Morgan fingerprint density at radius 3 is 2.35 bits per heavy atom. The lowest BCUT2D eigenvalue weighted by Crippen LogP contribution is -2.51. The topological polar surface area (TPSA) is 73.9 Å². The zero-order valence-corrected chi connectivity index (χ0v) is 12.6. The molecule has 1 saturated heterocycles. The molecule has 0 aliphatic carbocycles. The maximum absolute atomic E-state index is 11.8. The minimum Gasteiger partial charge on any atom is -0.383 e. The van der Waals surface area contributed by atoms with E-state index in [2.05, 4.69) is 27.4 Å². The van der Waals surface area contributed by atoms with E-state index in [4.69, 9.17) is 4.74 Å². The van der Waals surface area contributed by atoms with Crippen molar-refractivity contribution in [3.8, 4) is 0 Å². The molecule has 1 rings (SSSR count). The van der Waals surface area contributed by atoms with Gasteiger partial charge >= 0.3 is 6.03 Å². The van der Waals surface area contributed by atoms with Crippen molar-refractivity contribution in [2.75, 3.05) is 53.0 Å². The highest BCUT2D eigenvalue weighted by Gasteiger charge is 2.19. The van der Waals surface area contributed by atoms with Crippen LogP contribution in [0.1, 0.15) is 13.8 Å². The van der Waals surface area contributed by atoms with Gasteiger partial charge < -0.3 is 15.0 Å². The molecule has 1 fully saturated rings. The number of ether oxygens (including phenoxy) is 1. The van der Waals surface area contributed by atoms with Crippen molar-refractivity contribution in [1.82, 2.24) is 20.4 Å². The van der Waals surface area contributed by atoms with Gasteiger partial charge in [0.05, 0.1) is 19.2 Å². The highest BCUT2D eigenvalue weighted by Crippen LogP contribution is 2.00. The summed E-state index contributed by atoms with van der Waals surface area (Å²) in [6.07, 6.45) is 0. The van der Waals surface area contributed by atoms with E-state index < -0.39 is 6.03 Å². The third-order valence-electron chi connectivity index (χ3n) is 3.33. The second-order valence-corrected chi connectivity index (χ2v) is 5.09. The van der Waals surface area contributed by atoms with Crippen LogP contribution in [0.15, 0.2) is 0 Å². The molecule has 0 aromatic rings. The first-order valence-electron chi connectivity index (χ1n) is 7.09. The zero-order chi connectivity index (χ0) is 15.0. The van der Waals surface area contributed by atoms with Gasteiger partial charge in [-0.15, -0.1) is 0 Å². The van der Waals surface area contributed by atoms with E-state index in [-0.39, 0.29) is 18.5 Å². The molecule has 0 radical (unpaired) electrons. The van der Waals surface area contributed by atoms with Crippen molar-refractivity contribution in [2.24, 2.45) is 0 Å². The molecule has 0 spiro atoms. The minimum atomic E-state index is -0.466. The van der Waals surface area contributed by atoms with E-state index in [9.17, 15) is 9.59 Å². The average molecular weight is 286 g/mol. The number of nitrogens with one attached hydrogen (secondary N) is 2. The molecule has 3 amide bonds. The number of hydrogen-bond acceptors (Lipinski definition) is 5. The number of imide groups is 1. The van der Waals surface area contributed by atoms with Crippen molar-refractivity contribution in [3.63, 3.8) is 0 Å². The summed E-state index contributed by atoms with van der Waals surface area (Å²) in [6.45, 7) is 9.35. The standard InChI is InChI=1S/C13H26N4O3/c1-4-16-5-7-17(8-6-16)9-12(18)15-13(19)14-11(2)10-20-3/h11H,4-10H2,1-3H3,(H2,14,15,18,19). The van der Waals surface area contributed by atoms with E-state index in [1.165, 1.54) is 0 Å². The molecular formula is C13H26N4O3. The summed E-state index contributed by atoms with van der Waals surface area (Å²) in [4.78, 5) is 27.7. The van der Waals surface area contributed by atoms with Crippen LogP contribution in [-0.2, 0) is 9.53 Å². The Morgan fingerprint density at radius 1 is 1.20 bits per heavy atom. The fourth-order valence-corrected chi connectivity index (χ4v) is 2.18. The first kappa shape index (κ1) is 16.9. The second kappa shape index (κ2) is 8.89. The van der Waals surface area contributed by atoms with Gasteiger partial charge in [0.25, 0.3) is 0 Å². The summed E-state index contributed by atoms with van der Waals surface area (Å²) in [5.74, 6) is -0.267. The number of likely N-dealkylation sites (N-methyl/N-ethyl adjacent to an activating group) is 1. The van der Waals surface area contributed by atoms with Crippen LogP contribution >= 0.6 is 0 Å². The molecule has 0 bridgehead atoms. The van der Waals surface area contributed by atoms with Crippen molar-refractivity contribution in [2.45, 2.75) is 19.9 Å². The van der Waals surface area contributed by atoms with Crippen LogP contribution in [0, 0.1) is 0 Å². The van der Waals surface area contributed by atoms with Gasteiger partial charge in [-0.05, 0) is 13.5 Å². The van der Waals surface area contributed by atoms with Crippen LogP contribution in [0.5, 0.6) is 0 Å². The molecule has 116 valence electrons. The van der Waals surface area contributed by atoms with E-state index in [1.54, 1.807) is 7.11 Å². The van der Waals surface area contributed by atoms with Gasteiger partial charge in [0.15, 0.2) is 0 Å². The van der Waals surface area contributed by atoms with Gasteiger partial charge in [-0.3, -0.25) is 15.0 Å². The van der Waals surface area contributed by atoms with E-state index in [0.717, 1.165) is 32.7 Å². The minimum absolute atomic E-state index is 0.124. The molecule has 2 N–H and O–H groups in total. The van der Waals surface area contributed by atoms with E-state index >= 15 is 0 Å². The van der Waals surface area contributed by atoms with Crippen LogP contribution < -0.4 is 10.6 Å².